The van der Waals surface area contributed by atoms with Gasteiger partial charge in [0.2, 0.25) is 10.0 Å². The van der Waals surface area contributed by atoms with Crippen molar-refractivity contribution in [3.63, 3.8) is 0 Å². The van der Waals surface area contributed by atoms with Gasteiger partial charge in [0.05, 0.1) is 4.90 Å². The van der Waals surface area contributed by atoms with E-state index in [0.717, 1.165) is 16.7 Å². The number of amides is 1. The molecule has 0 aliphatic carbocycles. The molecule has 0 atom stereocenters. The van der Waals surface area contributed by atoms with E-state index in [9.17, 15) is 13.2 Å². The number of aryl methyl sites for hydroxylation is 4. The van der Waals surface area contributed by atoms with Gasteiger partial charge in [-0.3, -0.25) is 4.79 Å². The van der Waals surface area contributed by atoms with Gasteiger partial charge in [0.25, 0.3) is 5.91 Å². The van der Waals surface area contributed by atoms with E-state index in [-0.39, 0.29) is 25.6 Å². The fraction of sp³-hybridized carbons (Fsp3) is 0.409. The summed E-state index contributed by atoms with van der Waals surface area (Å²) in [6.07, 6.45) is 0. The molecular formula is C22H28N2O4S. The van der Waals surface area contributed by atoms with E-state index in [4.69, 9.17) is 4.74 Å². The van der Waals surface area contributed by atoms with Crippen molar-refractivity contribution in [2.24, 2.45) is 0 Å². The van der Waals surface area contributed by atoms with Gasteiger partial charge in [-0.2, -0.15) is 4.31 Å². The van der Waals surface area contributed by atoms with Crippen LogP contribution < -0.4 is 4.74 Å². The summed E-state index contributed by atoms with van der Waals surface area (Å²) in [4.78, 5) is 14.4. The molecule has 7 heteroatoms. The molecule has 0 bridgehead atoms. The van der Waals surface area contributed by atoms with Crippen LogP contribution in [0.5, 0.6) is 5.75 Å². The molecule has 0 aromatic heterocycles. The van der Waals surface area contributed by atoms with Crippen LogP contribution in [0.3, 0.4) is 0 Å². The first-order valence-electron chi connectivity index (χ1n) is 9.74. The highest BCUT2D eigenvalue weighted by atomic mass is 32.2. The standard InChI is InChI=1S/C22H28N2O4S/c1-16-5-7-20(13-18(16)3)28-15-22(25)23-9-11-24(12-10-23)29(26,27)21-8-6-17(2)19(4)14-21/h5-8,13-14H,9-12,15H2,1-4H3. The minimum Gasteiger partial charge on any atom is -0.484 e. The fourth-order valence-corrected chi connectivity index (χ4v) is 4.75. The number of carbonyl (C=O) groups excluding carboxylic acids is 1. The molecule has 3 rings (SSSR count). The number of sulfonamides is 1. The smallest absolute Gasteiger partial charge is 0.260 e. The number of hydrogen-bond donors (Lipinski definition) is 0. The molecule has 0 unspecified atom stereocenters. The Hall–Kier alpha value is -2.38. The van der Waals surface area contributed by atoms with E-state index < -0.39 is 10.0 Å². The second kappa shape index (κ2) is 8.55. The molecule has 156 valence electrons. The van der Waals surface area contributed by atoms with Gasteiger partial charge in [-0.05, 0) is 74.2 Å². The third-order valence-electron chi connectivity index (χ3n) is 5.55. The third kappa shape index (κ3) is 4.79. The van der Waals surface area contributed by atoms with Crippen LogP contribution in [-0.2, 0) is 14.8 Å². The summed E-state index contributed by atoms with van der Waals surface area (Å²) >= 11 is 0. The molecule has 0 N–H and O–H groups in total. The van der Waals surface area contributed by atoms with Crippen molar-refractivity contribution < 1.29 is 17.9 Å². The van der Waals surface area contributed by atoms with Crippen LogP contribution in [0.15, 0.2) is 41.3 Å². The highest BCUT2D eigenvalue weighted by Gasteiger charge is 2.30. The Balaban J connectivity index is 1.57. The van der Waals surface area contributed by atoms with Crippen LogP contribution in [0.25, 0.3) is 0 Å². The summed E-state index contributed by atoms with van der Waals surface area (Å²) < 4.78 is 32.9. The molecule has 0 saturated carbocycles. The van der Waals surface area contributed by atoms with Crippen LogP contribution >= 0.6 is 0 Å². The molecule has 2 aromatic rings. The van der Waals surface area contributed by atoms with E-state index >= 15 is 0 Å². The van der Waals surface area contributed by atoms with E-state index in [1.165, 1.54) is 9.87 Å². The maximum absolute atomic E-state index is 12.9. The lowest BCUT2D eigenvalue weighted by Crippen LogP contribution is -2.51. The molecule has 2 aromatic carbocycles. The maximum atomic E-state index is 12.9. The molecular weight excluding hydrogens is 388 g/mol. The first-order valence-corrected chi connectivity index (χ1v) is 11.2. The lowest BCUT2D eigenvalue weighted by atomic mass is 10.1. The molecule has 1 heterocycles. The van der Waals surface area contributed by atoms with E-state index in [2.05, 4.69) is 0 Å². The average Bonchev–Trinajstić information content (AvgIpc) is 2.70. The summed E-state index contributed by atoms with van der Waals surface area (Å²) in [5.41, 5.74) is 4.29. The number of hydrogen-bond acceptors (Lipinski definition) is 4. The van der Waals surface area contributed by atoms with Crippen molar-refractivity contribution in [1.29, 1.82) is 0 Å². The predicted molar refractivity (Wildman–Crippen MR) is 113 cm³/mol. The quantitative estimate of drug-likeness (QED) is 0.752. The maximum Gasteiger partial charge on any atom is 0.260 e. The minimum atomic E-state index is -3.55. The minimum absolute atomic E-state index is 0.0492. The SMILES string of the molecule is Cc1ccc(OCC(=O)N2CCN(S(=O)(=O)c3ccc(C)c(C)c3)CC2)cc1C. The number of rotatable bonds is 5. The van der Waals surface area contributed by atoms with Gasteiger partial charge >= 0.3 is 0 Å². The molecule has 1 aliphatic rings. The zero-order valence-electron chi connectivity index (χ0n) is 17.4. The van der Waals surface area contributed by atoms with Gasteiger partial charge in [0.1, 0.15) is 5.75 Å². The van der Waals surface area contributed by atoms with Crippen molar-refractivity contribution >= 4 is 15.9 Å². The van der Waals surface area contributed by atoms with Crippen LogP contribution in [0, 0.1) is 27.7 Å². The molecule has 29 heavy (non-hydrogen) atoms. The first-order chi connectivity index (χ1) is 13.7. The number of piperazine rings is 1. The summed E-state index contributed by atoms with van der Waals surface area (Å²) in [7, 11) is -3.55. The van der Waals surface area contributed by atoms with Crippen molar-refractivity contribution in [2.45, 2.75) is 32.6 Å². The van der Waals surface area contributed by atoms with Crippen LogP contribution in [0.1, 0.15) is 22.3 Å². The van der Waals surface area contributed by atoms with Crippen molar-refractivity contribution in [3.8, 4) is 5.75 Å². The number of carbonyl (C=O) groups is 1. The van der Waals surface area contributed by atoms with Crippen LogP contribution in [-0.4, -0.2) is 56.3 Å². The van der Waals surface area contributed by atoms with Gasteiger partial charge in [-0.25, -0.2) is 8.42 Å². The second-order valence-electron chi connectivity index (χ2n) is 7.57. The topological polar surface area (TPSA) is 66.9 Å². The summed E-state index contributed by atoms with van der Waals surface area (Å²) in [6, 6.07) is 10.9. The first kappa shape index (κ1) is 21.3. The normalized spacial score (nSPS) is 15.4. The largest absolute Gasteiger partial charge is 0.484 e. The zero-order chi connectivity index (χ0) is 21.2. The van der Waals surface area contributed by atoms with Crippen molar-refractivity contribution in [1.82, 2.24) is 9.21 Å². The Kier molecular flexibility index (Phi) is 6.29. The van der Waals surface area contributed by atoms with Crippen molar-refractivity contribution in [3.05, 3.63) is 58.7 Å². The zero-order valence-corrected chi connectivity index (χ0v) is 18.3. The molecule has 1 fully saturated rings. The molecule has 1 amide bonds. The van der Waals surface area contributed by atoms with Gasteiger partial charge in [-0.1, -0.05) is 12.1 Å². The Morgan fingerprint density at radius 1 is 0.862 bits per heavy atom. The Morgan fingerprint density at radius 2 is 1.45 bits per heavy atom. The highest BCUT2D eigenvalue weighted by Crippen LogP contribution is 2.21. The number of ether oxygens (including phenoxy) is 1. The van der Waals surface area contributed by atoms with Gasteiger partial charge < -0.3 is 9.64 Å². The molecule has 0 radical (unpaired) electrons. The van der Waals surface area contributed by atoms with Gasteiger partial charge in [0.15, 0.2) is 6.61 Å². The molecule has 0 spiro atoms. The van der Waals surface area contributed by atoms with E-state index in [1.807, 2.05) is 52.0 Å². The van der Waals surface area contributed by atoms with Gasteiger partial charge in [0, 0.05) is 26.2 Å². The number of nitrogens with zero attached hydrogens (tertiary/aromatic N) is 2. The lowest BCUT2D eigenvalue weighted by Gasteiger charge is -2.34. The average molecular weight is 417 g/mol. The summed E-state index contributed by atoms with van der Waals surface area (Å²) in [5, 5.41) is 0. The summed E-state index contributed by atoms with van der Waals surface area (Å²) in [6.45, 7) is 9.12. The van der Waals surface area contributed by atoms with E-state index in [1.54, 1.807) is 17.0 Å². The highest BCUT2D eigenvalue weighted by molar-refractivity contribution is 7.89. The Morgan fingerprint density at radius 3 is 2.03 bits per heavy atom. The fourth-order valence-electron chi connectivity index (χ4n) is 3.24. The second-order valence-corrected chi connectivity index (χ2v) is 9.50. The Bertz CT molecular complexity index is 1010. The number of benzene rings is 2. The van der Waals surface area contributed by atoms with Crippen LogP contribution in [0.2, 0.25) is 0 Å². The molecule has 1 aliphatic heterocycles. The van der Waals surface area contributed by atoms with E-state index in [0.29, 0.717) is 23.7 Å². The molecule has 1 saturated heterocycles. The van der Waals surface area contributed by atoms with Crippen molar-refractivity contribution in [2.75, 3.05) is 32.8 Å². The lowest BCUT2D eigenvalue weighted by molar-refractivity contribution is -0.134. The predicted octanol–water partition coefficient (Wildman–Crippen LogP) is 2.83. The molecule has 6 nitrogen and oxygen atoms in total. The monoisotopic (exact) mass is 416 g/mol. The van der Waals surface area contributed by atoms with Gasteiger partial charge in [-0.15, -0.1) is 0 Å². The summed E-state index contributed by atoms with van der Waals surface area (Å²) in [5.74, 6) is 0.531. The Labute approximate surface area is 173 Å². The van der Waals surface area contributed by atoms with Crippen LogP contribution in [0.4, 0.5) is 0 Å². The third-order valence-corrected chi connectivity index (χ3v) is 7.44.